The van der Waals surface area contributed by atoms with E-state index in [1.807, 2.05) is 56.5 Å². The van der Waals surface area contributed by atoms with Crippen LogP contribution in [0.4, 0.5) is 5.95 Å². The Labute approximate surface area is 188 Å². The van der Waals surface area contributed by atoms with Crippen molar-refractivity contribution in [2.75, 3.05) is 38.7 Å². The number of ether oxygens (including phenoxy) is 1. The summed E-state index contributed by atoms with van der Waals surface area (Å²) in [4.78, 5) is 17.9. The lowest BCUT2D eigenvalue weighted by Gasteiger charge is -2.32. The van der Waals surface area contributed by atoms with Crippen LogP contribution in [0.2, 0.25) is 5.02 Å². The predicted molar refractivity (Wildman–Crippen MR) is 124 cm³/mol. The Morgan fingerprint density at radius 1 is 1.10 bits per heavy atom. The minimum atomic E-state index is -0.0475. The van der Waals surface area contributed by atoms with Crippen LogP contribution in [0, 0.1) is 6.92 Å². The van der Waals surface area contributed by atoms with Gasteiger partial charge in [-0.1, -0.05) is 23.7 Å². The molecule has 1 fully saturated rings. The minimum Gasteiger partial charge on any atom is -0.369 e. The first kappa shape index (κ1) is 21.7. The topological polar surface area (TPSA) is 54.4 Å². The van der Waals surface area contributed by atoms with Gasteiger partial charge in [0.05, 0.1) is 12.3 Å². The summed E-state index contributed by atoms with van der Waals surface area (Å²) in [5.74, 6) is 0.722. The van der Waals surface area contributed by atoms with Gasteiger partial charge in [-0.05, 0) is 48.7 Å². The monoisotopic (exact) mass is 437 g/mol. The zero-order chi connectivity index (χ0) is 21.8. The Morgan fingerprint density at radius 3 is 2.65 bits per heavy atom. The summed E-state index contributed by atoms with van der Waals surface area (Å²) in [6.45, 7) is 5.19. The highest BCUT2D eigenvalue weighted by atomic mass is 35.5. The molecule has 2 aromatic heterocycles. The fourth-order valence-electron chi connectivity index (χ4n) is 3.86. The van der Waals surface area contributed by atoms with Crippen LogP contribution in [0.5, 0.6) is 0 Å². The van der Waals surface area contributed by atoms with E-state index in [2.05, 4.69) is 33.1 Å². The smallest absolute Gasteiger partial charge is 0.224 e. The highest BCUT2D eigenvalue weighted by Gasteiger charge is 2.24. The SMILES string of the molecule is Cc1cc(Cc2cccc(Cl)c2)cc([C@@H]2CN(Cc3cnc(N(C)C)nc3)CCO2)n1. The Hall–Kier alpha value is -2.54. The maximum absolute atomic E-state index is 6.15. The Bertz CT molecular complexity index is 1020. The van der Waals surface area contributed by atoms with Gasteiger partial charge in [0.2, 0.25) is 5.95 Å². The van der Waals surface area contributed by atoms with Crippen molar-refractivity contribution in [2.45, 2.75) is 26.0 Å². The number of nitrogens with zero attached hydrogens (tertiary/aromatic N) is 5. The van der Waals surface area contributed by atoms with E-state index in [1.54, 1.807) is 0 Å². The van der Waals surface area contributed by atoms with Crippen LogP contribution in [-0.4, -0.2) is 53.6 Å². The number of benzene rings is 1. The average molecular weight is 438 g/mol. The van der Waals surface area contributed by atoms with Gasteiger partial charge in [0.15, 0.2) is 0 Å². The van der Waals surface area contributed by atoms with Crippen molar-refractivity contribution in [3.63, 3.8) is 0 Å². The standard InChI is InChI=1S/C24H28ClN5O/c1-17-9-19(10-18-5-4-6-21(25)11-18)12-22(28-17)23-16-30(7-8-31-23)15-20-13-26-24(27-14-20)29(2)3/h4-6,9,11-14,23H,7-8,10,15-16H2,1-3H3/t23-/m0/s1. The molecule has 162 valence electrons. The number of halogens is 1. The molecule has 31 heavy (non-hydrogen) atoms. The summed E-state index contributed by atoms with van der Waals surface area (Å²) >= 11 is 6.15. The van der Waals surface area contributed by atoms with Gasteiger partial charge in [-0.2, -0.15) is 0 Å². The van der Waals surface area contributed by atoms with Crippen molar-refractivity contribution in [3.8, 4) is 0 Å². The fraction of sp³-hybridized carbons (Fsp3) is 0.375. The molecule has 0 radical (unpaired) electrons. The molecule has 1 saturated heterocycles. The summed E-state index contributed by atoms with van der Waals surface area (Å²) in [5.41, 5.74) is 5.50. The Morgan fingerprint density at radius 2 is 1.90 bits per heavy atom. The van der Waals surface area contributed by atoms with Gasteiger partial charge in [-0.15, -0.1) is 0 Å². The minimum absolute atomic E-state index is 0.0475. The molecule has 7 heteroatoms. The lowest BCUT2D eigenvalue weighted by molar-refractivity contribution is -0.0351. The molecule has 3 aromatic rings. The van der Waals surface area contributed by atoms with Gasteiger partial charge >= 0.3 is 0 Å². The van der Waals surface area contributed by atoms with Crippen molar-refractivity contribution in [2.24, 2.45) is 0 Å². The lowest BCUT2D eigenvalue weighted by Crippen LogP contribution is -2.38. The van der Waals surface area contributed by atoms with E-state index < -0.39 is 0 Å². The third kappa shape index (κ3) is 5.79. The number of hydrogen-bond donors (Lipinski definition) is 0. The molecule has 0 aliphatic carbocycles. The third-order valence-electron chi connectivity index (χ3n) is 5.31. The van der Waals surface area contributed by atoms with Crippen LogP contribution in [0.25, 0.3) is 0 Å². The maximum Gasteiger partial charge on any atom is 0.224 e. The number of morpholine rings is 1. The summed E-state index contributed by atoms with van der Waals surface area (Å²) in [7, 11) is 3.88. The Balaban J connectivity index is 1.45. The van der Waals surface area contributed by atoms with Crippen molar-refractivity contribution in [3.05, 3.63) is 81.9 Å². The second-order valence-corrected chi connectivity index (χ2v) is 8.67. The highest BCUT2D eigenvalue weighted by molar-refractivity contribution is 6.30. The van der Waals surface area contributed by atoms with Crippen LogP contribution >= 0.6 is 11.6 Å². The molecule has 0 unspecified atom stereocenters. The first-order valence-corrected chi connectivity index (χ1v) is 10.9. The van der Waals surface area contributed by atoms with Crippen LogP contribution in [0.15, 0.2) is 48.8 Å². The van der Waals surface area contributed by atoms with Gasteiger partial charge in [0, 0.05) is 62.4 Å². The van der Waals surface area contributed by atoms with Crippen molar-refractivity contribution < 1.29 is 4.74 Å². The van der Waals surface area contributed by atoms with Crippen molar-refractivity contribution in [1.82, 2.24) is 19.9 Å². The largest absolute Gasteiger partial charge is 0.369 e. The van der Waals surface area contributed by atoms with E-state index >= 15 is 0 Å². The molecule has 6 nitrogen and oxygen atoms in total. The molecule has 0 spiro atoms. The summed E-state index contributed by atoms with van der Waals surface area (Å²) in [5, 5.41) is 0.761. The average Bonchev–Trinajstić information content (AvgIpc) is 2.74. The molecule has 1 aromatic carbocycles. The number of pyridine rings is 1. The molecule has 0 amide bonds. The number of anilines is 1. The first-order chi connectivity index (χ1) is 15.0. The van der Waals surface area contributed by atoms with Crippen LogP contribution in [0.3, 0.4) is 0 Å². The lowest BCUT2D eigenvalue weighted by atomic mass is 10.0. The normalized spacial score (nSPS) is 17.0. The quantitative estimate of drug-likeness (QED) is 0.579. The molecule has 0 bridgehead atoms. The van der Waals surface area contributed by atoms with E-state index in [4.69, 9.17) is 21.3 Å². The number of aromatic nitrogens is 3. The molecule has 1 aliphatic heterocycles. The first-order valence-electron chi connectivity index (χ1n) is 10.5. The van der Waals surface area contributed by atoms with Crippen LogP contribution < -0.4 is 4.90 Å². The molecule has 1 aliphatic rings. The molecule has 1 atom stereocenters. The third-order valence-corrected chi connectivity index (χ3v) is 5.54. The summed E-state index contributed by atoms with van der Waals surface area (Å²) < 4.78 is 6.10. The molecule has 3 heterocycles. The second kappa shape index (κ2) is 9.73. The predicted octanol–water partition coefficient (Wildman–Crippen LogP) is 4.06. The van der Waals surface area contributed by atoms with E-state index in [1.165, 1.54) is 11.1 Å². The number of rotatable bonds is 6. The van der Waals surface area contributed by atoms with Gasteiger partial charge < -0.3 is 9.64 Å². The maximum atomic E-state index is 6.15. The van der Waals surface area contributed by atoms with Gasteiger partial charge in [-0.25, -0.2) is 9.97 Å². The fourth-order valence-corrected chi connectivity index (χ4v) is 4.07. The van der Waals surface area contributed by atoms with Crippen molar-refractivity contribution >= 4 is 17.5 Å². The molecule has 4 rings (SSSR count). The van der Waals surface area contributed by atoms with Gasteiger partial charge in [-0.3, -0.25) is 9.88 Å². The highest BCUT2D eigenvalue weighted by Crippen LogP contribution is 2.24. The molecular formula is C24H28ClN5O. The molecule has 0 N–H and O–H groups in total. The number of aryl methyl sites for hydroxylation is 1. The van der Waals surface area contributed by atoms with E-state index in [9.17, 15) is 0 Å². The number of hydrogen-bond acceptors (Lipinski definition) is 6. The Kier molecular flexibility index (Phi) is 6.80. The second-order valence-electron chi connectivity index (χ2n) is 8.23. The van der Waals surface area contributed by atoms with E-state index in [-0.39, 0.29) is 6.10 Å². The van der Waals surface area contributed by atoms with E-state index in [0.717, 1.165) is 54.0 Å². The molecular weight excluding hydrogens is 410 g/mol. The van der Waals surface area contributed by atoms with Gasteiger partial charge in [0.1, 0.15) is 6.10 Å². The zero-order valence-electron chi connectivity index (χ0n) is 18.3. The molecule has 0 saturated carbocycles. The van der Waals surface area contributed by atoms with Crippen LogP contribution in [0.1, 0.15) is 34.2 Å². The summed E-state index contributed by atoms with van der Waals surface area (Å²) in [6, 6.07) is 12.3. The zero-order valence-corrected chi connectivity index (χ0v) is 19.0. The van der Waals surface area contributed by atoms with Gasteiger partial charge in [0.25, 0.3) is 0 Å². The van der Waals surface area contributed by atoms with E-state index in [0.29, 0.717) is 6.61 Å². The van der Waals surface area contributed by atoms with Crippen molar-refractivity contribution in [1.29, 1.82) is 0 Å². The van der Waals surface area contributed by atoms with Crippen LogP contribution in [-0.2, 0) is 17.7 Å². The summed E-state index contributed by atoms with van der Waals surface area (Å²) in [6.07, 6.45) is 4.58.